The molecule has 0 heterocycles. The third-order valence-corrected chi connectivity index (χ3v) is 2.66. The van der Waals surface area contributed by atoms with Crippen LogP contribution in [-0.4, -0.2) is 21.6 Å². The third kappa shape index (κ3) is 7.30. The van der Waals surface area contributed by atoms with Gasteiger partial charge in [-0.2, -0.15) is 8.42 Å². The Labute approximate surface area is 91.9 Å². The largest absolute Gasteiger partial charge is 0.399 e. The Hall–Kier alpha value is -0.650. The third-order valence-electron chi connectivity index (χ3n) is 1.71. The van der Waals surface area contributed by atoms with E-state index in [0.29, 0.717) is 12.8 Å². The molecule has 0 amide bonds. The first kappa shape index (κ1) is 14.3. The highest BCUT2D eigenvalue weighted by Crippen LogP contribution is 2.12. The van der Waals surface area contributed by atoms with Crippen LogP contribution in [0.25, 0.3) is 0 Å². The Morgan fingerprint density at radius 3 is 2.13 bits per heavy atom. The summed E-state index contributed by atoms with van der Waals surface area (Å²) in [5.41, 5.74) is 0. The molecule has 0 aliphatic rings. The van der Waals surface area contributed by atoms with Crippen molar-refractivity contribution in [3.05, 3.63) is 25.3 Å². The molecule has 0 spiro atoms. The minimum Gasteiger partial charge on any atom is -0.248 e. The predicted octanol–water partition coefficient (Wildman–Crippen LogP) is 2.05. The first-order valence-electron chi connectivity index (χ1n) is 4.81. The average molecular weight is 234 g/mol. The Kier molecular flexibility index (Phi) is 7.29. The fourth-order valence-electron chi connectivity index (χ4n) is 1.06. The molecule has 0 aromatic heterocycles. The van der Waals surface area contributed by atoms with Crippen molar-refractivity contribution in [1.29, 1.82) is 0 Å². The van der Waals surface area contributed by atoms with E-state index in [1.807, 2.05) is 0 Å². The van der Waals surface area contributed by atoms with Crippen LogP contribution in [0.15, 0.2) is 25.3 Å². The van der Waals surface area contributed by atoms with Crippen molar-refractivity contribution in [2.24, 2.45) is 5.92 Å². The zero-order chi connectivity index (χ0) is 11.7. The molecule has 0 unspecified atom stereocenters. The Morgan fingerprint density at radius 1 is 1.20 bits per heavy atom. The van der Waals surface area contributed by atoms with Crippen LogP contribution in [0.4, 0.5) is 0 Å². The number of rotatable bonds is 9. The smallest absolute Gasteiger partial charge is 0.248 e. The summed E-state index contributed by atoms with van der Waals surface area (Å²) in [5, 5.41) is 0. The second-order valence-electron chi connectivity index (χ2n) is 3.01. The minimum atomic E-state index is -3.83. The minimum absolute atomic E-state index is 0.0789. The zero-order valence-electron chi connectivity index (χ0n) is 9.02. The molecule has 0 saturated carbocycles. The molecule has 0 bridgehead atoms. The highest BCUT2D eigenvalue weighted by molar-refractivity contribution is 7.81. The second-order valence-corrected chi connectivity index (χ2v) is 4.30. The Balaban J connectivity index is 4.07. The van der Waals surface area contributed by atoms with Gasteiger partial charge < -0.3 is 0 Å². The fourth-order valence-corrected chi connectivity index (χ4v) is 1.78. The normalized spacial score (nSPS) is 11.6. The molecule has 5 heteroatoms. The van der Waals surface area contributed by atoms with Crippen LogP contribution in [0.2, 0.25) is 0 Å². The van der Waals surface area contributed by atoms with Gasteiger partial charge in [0.25, 0.3) is 0 Å². The summed E-state index contributed by atoms with van der Waals surface area (Å²) in [6.45, 7) is 8.95. The number of hydrogen-bond donors (Lipinski definition) is 0. The fraction of sp³-hybridized carbons (Fsp3) is 0.600. The van der Waals surface area contributed by atoms with E-state index >= 15 is 0 Å². The van der Waals surface area contributed by atoms with Gasteiger partial charge in [-0.1, -0.05) is 12.2 Å². The first-order chi connectivity index (χ1) is 7.05. The van der Waals surface area contributed by atoms with Crippen molar-refractivity contribution >= 4 is 10.4 Å². The van der Waals surface area contributed by atoms with Crippen molar-refractivity contribution in [1.82, 2.24) is 0 Å². The summed E-state index contributed by atoms with van der Waals surface area (Å²) in [4.78, 5) is 0. The van der Waals surface area contributed by atoms with Gasteiger partial charge in [0, 0.05) is 0 Å². The standard InChI is InChI=1S/C10H18O4S/c1-4-7-10(8-5-2)9-14-15(11,12)13-6-3/h4-5,10H,1-2,6-9H2,3H3. The lowest BCUT2D eigenvalue weighted by Crippen LogP contribution is -2.16. The molecule has 0 radical (unpaired) electrons. The van der Waals surface area contributed by atoms with Crippen LogP contribution < -0.4 is 0 Å². The zero-order valence-corrected chi connectivity index (χ0v) is 9.83. The summed E-state index contributed by atoms with van der Waals surface area (Å²) in [6, 6.07) is 0. The van der Waals surface area contributed by atoms with Crippen molar-refractivity contribution < 1.29 is 16.8 Å². The molecule has 0 fully saturated rings. The van der Waals surface area contributed by atoms with Crippen LogP contribution in [0.3, 0.4) is 0 Å². The molecule has 0 aliphatic carbocycles. The van der Waals surface area contributed by atoms with Crippen LogP contribution in [0, 0.1) is 5.92 Å². The van der Waals surface area contributed by atoms with E-state index < -0.39 is 10.4 Å². The van der Waals surface area contributed by atoms with Crippen LogP contribution in [0.5, 0.6) is 0 Å². The van der Waals surface area contributed by atoms with Gasteiger partial charge in [0.1, 0.15) is 0 Å². The van der Waals surface area contributed by atoms with E-state index in [0.717, 1.165) is 0 Å². The first-order valence-corrected chi connectivity index (χ1v) is 6.14. The molecule has 4 nitrogen and oxygen atoms in total. The lowest BCUT2D eigenvalue weighted by atomic mass is 10.0. The highest BCUT2D eigenvalue weighted by atomic mass is 32.3. The van der Waals surface area contributed by atoms with Gasteiger partial charge in [0.05, 0.1) is 13.2 Å². The van der Waals surface area contributed by atoms with Gasteiger partial charge in [-0.05, 0) is 25.7 Å². The van der Waals surface area contributed by atoms with E-state index in [1.165, 1.54) is 0 Å². The SMILES string of the molecule is C=CCC(CC=C)COS(=O)(=O)OCC. The van der Waals surface area contributed by atoms with Crippen LogP contribution in [0.1, 0.15) is 19.8 Å². The number of allylic oxidation sites excluding steroid dienone is 2. The van der Waals surface area contributed by atoms with Gasteiger partial charge in [0.2, 0.25) is 0 Å². The molecule has 0 aliphatic heterocycles. The molecule has 0 atom stereocenters. The molecule has 0 N–H and O–H groups in total. The number of hydrogen-bond acceptors (Lipinski definition) is 4. The molecule has 0 aromatic carbocycles. The lowest BCUT2D eigenvalue weighted by Gasteiger charge is -2.12. The van der Waals surface area contributed by atoms with Gasteiger partial charge in [-0.25, -0.2) is 8.37 Å². The van der Waals surface area contributed by atoms with E-state index in [9.17, 15) is 8.42 Å². The second kappa shape index (κ2) is 7.62. The molecular weight excluding hydrogens is 216 g/mol. The van der Waals surface area contributed by atoms with Crippen molar-refractivity contribution in [2.45, 2.75) is 19.8 Å². The van der Waals surface area contributed by atoms with E-state index in [-0.39, 0.29) is 19.1 Å². The molecule has 15 heavy (non-hydrogen) atoms. The van der Waals surface area contributed by atoms with Crippen molar-refractivity contribution in [3.8, 4) is 0 Å². The van der Waals surface area contributed by atoms with Gasteiger partial charge in [0.15, 0.2) is 0 Å². The summed E-state index contributed by atoms with van der Waals surface area (Å²) in [7, 11) is -3.83. The summed E-state index contributed by atoms with van der Waals surface area (Å²) >= 11 is 0. The maximum absolute atomic E-state index is 11.0. The van der Waals surface area contributed by atoms with Crippen LogP contribution >= 0.6 is 0 Å². The molecule has 0 aromatic rings. The predicted molar refractivity (Wildman–Crippen MR) is 59.6 cm³/mol. The average Bonchev–Trinajstić information content (AvgIpc) is 2.15. The summed E-state index contributed by atoms with van der Waals surface area (Å²) in [6.07, 6.45) is 4.83. The lowest BCUT2D eigenvalue weighted by molar-refractivity contribution is 0.194. The quantitative estimate of drug-likeness (QED) is 0.573. The molecule has 88 valence electrons. The Morgan fingerprint density at radius 2 is 1.73 bits per heavy atom. The summed E-state index contributed by atoms with van der Waals surface area (Å²) < 4.78 is 31.2. The highest BCUT2D eigenvalue weighted by Gasteiger charge is 2.14. The topological polar surface area (TPSA) is 52.6 Å². The monoisotopic (exact) mass is 234 g/mol. The van der Waals surface area contributed by atoms with Crippen LogP contribution in [-0.2, 0) is 18.8 Å². The van der Waals surface area contributed by atoms with E-state index in [1.54, 1.807) is 19.1 Å². The maximum Gasteiger partial charge on any atom is 0.399 e. The van der Waals surface area contributed by atoms with Crippen molar-refractivity contribution in [2.75, 3.05) is 13.2 Å². The van der Waals surface area contributed by atoms with E-state index in [2.05, 4.69) is 17.3 Å². The Bertz CT molecular complexity index is 272. The van der Waals surface area contributed by atoms with Crippen molar-refractivity contribution in [3.63, 3.8) is 0 Å². The molecular formula is C10H18O4S. The molecule has 0 saturated heterocycles. The summed E-state index contributed by atoms with van der Waals surface area (Å²) in [5.74, 6) is 0.0789. The molecule has 0 rings (SSSR count). The van der Waals surface area contributed by atoms with Gasteiger partial charge >= 0.3 is 10.4 Å². The maximum atomic E-state index is 11.0. The van der Waals surface area contributed by atoms with E-state index in [4.69, 9.17) is 4.18 Å². The van der Waals surface area contributed by atoms with Gasteiger partial charge in [-0.3, -0.25) is 0 Å². The van der Waals surface area contributed by atoms with Gasteiger partial charge in [-0.15, -0.1) is 13.2 Å².